The molecule has 27 heavy (non-hydrogen) atoms. The molecule has 0 saturated heterocycles. The van der Waals surface area contributed by atoms with Gasteiger partial charge in [0.05, 0.1) is 17.1 Å². The molecule has 3 rings (SSSR count). The molecule has 0 aliphatic carbocycles. The third-order valence-electron chi connectivity index (χ3n) is 3.14. The normalized spacial score (nSPS) is 11.6. The number of carboxylic acid groups (broad SMARTS) is 1. The molecule has 0 spiro atoms. The van der Waals surface area contributed by atoms with Gasteiger partial charge in [-0.3, -0.25) is 0 Å². The third-order valence-corrected chi connectivity index (χ3v) is 5.94. The van der Waals surface area contributed by atoms with Crippen LogP contribution in [-0.2, 0) is 4.79 Å². The second kappa shape index (κ2) is 8.51. The zero-order valence-corrected chi connectivity index (χ0v) is 18.1. The number of halogens is 3. The van der Waals surface area contributed by atoms with Crippen LogP contribution in [0.2, 0.25) is 5.02 Å². The van der Waals surface area contributed by atoms with Crippen molar-refractivity contribution in [1.29, 1.82) is 0 Å². The van der Waals surface area contributed by atoms with Crippen molar-refractivity contribution >= 4 is 67.3 Å². The highest BCUT2D eigenvalue weighted by Crippen LogP contribution is 2.35. The van der Waals surface area contributed by atoms with Gasteiger partial charge in [-0.1, -0.05) is 11.6 Å². The van der Waals surface area contributed by atoms with Gasteiger partial charge in [-0.15, -0.1) is 10.2 Å². The predicted octanol–water partition coefficient (Wildman–Crippen LogP) is 5.73. The zero-order valence-electron chi connectivity index (χ0n) is 13.4. The maximum absolute atomic E-state index is 11.5. The van der Waals surface area contributed by atoms with Gasteiger partial charge in [-0.25, -0.2) is 4.79 Å². The first-order valence-electron chi connectivity index (χ1n) is 7.12. The van der Waals surface area contributed by atoms with Crippen molar-refractivity contribution in [1.82, 2.24) is 10.2 Å². The smallest absolute Gasteiger partial charge is 0.342 e. The Balaban J connectivity index is 1.89. The Morgan fingerprint density at radius 3 is 2.70 bits per heavy atom. The molecule has 0 radical (unpaired) electrons. The number of ether oxygens (including phenoxy) is 1. The van der Waals surface area contributed by atoms with Crippen molar-refractivity contribution in [3.05, 3.63) is 49.1 Å². The van der Waals surface area contributed by atoms with Gasteiger partial charge in [0.15, 0.2) is 4.67 Å². The lowest BCUT2D eigenvalue weighted by atomic mass is 10.2. The number of aromatic nitrogens is 2. The molecule has 7 nitrogen and oxygen atoms in total. The molecular weight excluding hydrogens is 528 g/mol. The van der Waals surface area contributed by atoms with Crippen LogP contribution in [0.3, 0.4) is 0 Å². The van der Waals surface area contributed by atoms with Crippen LogP contribution in [0.5, 0.6) is 5.75 Å². The quantitative estimate of drug-likeness (QED) is 0.315. The molecule has 11 heteroatoms. The third kappa shape index (κ3) is 4.75. The van der Waals surface area contributed by atoms with E-state index in [1.54, 1.807) is 24.3 Å². The van der Waals surface area contributed by atoms with E-state index in [1.165, 1.54) is 13.2 Å². The second-order valence-electron chi connectivity index (χ2n) is 4.90. The first-order chi connectivity index (χ1) is 12.9. The molecule has 0 unspecified atom stereocenters. The Hall–Kier alpha value is -1.75. The molecule has 0 atom stereocenters. The molecule has 0 fully saturated rings. The molecule has 140 valence electrons. The van der Waals surface area contributed by atoms with Crippen molar-refractivity contribution in [3.63, 3.8) is 0 Å². The molecule has 1 N–H and O–H groups in total. The number of carboxylic acids is 1. The van der Waals surface area contributed by atoms with E-state index in [4.69, 9.17) is 25.2 Å². The number of methoxy groups -OCH3 is 1. The van der Waals surface area contributed by atoms with E-state index in [0.29, 0.717) is 31.2 Å². The molecule has 0 saturated carbocycles. The summed E-state index contributed by atoms with van der Waals surface area (Å²) in [5, 5.41) is 17.8. The van der Waals surface area contributed by atoms with E-state index in [0.717, 1.165) is 11.8 Å². The topological polar surface area (TPSA) is 98.6 Å². The van der Waals surface area contributed by atoms with E-state index >= 15 is 0 Å². The number of rotatable bonds is 6. The summed E-state index contributed by atoms with van der Waals surface area (Å²) < 4.78 is 17.3. The number of thioether (sulfide) groups is 1. The predicted molar refractivity (Wildman–Crippen MR) is 107 cm³/mol. The number of benzene rings is 1. The van der Waals surface area contributed by atoms with Gasteiger partial charge in [0.1, 0.15) is 16.4 Å². The van der Waals surface area contributed by atoms with Crippen LogP contribution in [0.15, 0.2) is 52.4 Å². The van der Waals surface area contributed by atoms with Crippen LogP contribution >= 0.6 is 55.2 Å². The number of hydrogen-bond acceptors (Lipinski definition) is 7. The van der Waals surface area contributed by atoms with Gasteiger partial charge in [0.2, 0.25) is 0 Å². The van der Waals surface area contributed by atoms with Crippen LogP contribution in [-0.4, -0.2) is 28.4 Å². The number of aliphatic carboxylic acids is 1. The van der Waals surface area contributed by atoms with Crippen molar-refractivity contribution in [2.75, 3.05) is 7.11 Å². The fourth-order valence-electron chi connectivity index (χ4n) is 2.00. The highest BCUT2D eigenvalue weighted by atomic mass is 79.9. The summed E-state index contributed by atoms with van der Waals surface area (Å²) in [6.45, 7) is 0. The Morgan fingerprint density at radius 2 is 2.07 bits per heavy atom. The molecule has 1 aromatic carbocycles. The Kier molecular flexibility index (Phi) is 6.30. The summed E-state index contributed by atoms with van der Waals surface area (Å²) in [4.78, 5) is 11.5. The second-order valence-corrected chi connectivity index (χ2v) is 7.91. The van der Waals surface area contributed by atoms with Gasteiger partial charge in [-0.2, -0.15) is 0 Å². The number of hydrogen-bond donors (Lipinski definition) is 1. The molecular formula is C16H9Br2ClN2O5S. The minimum Gasteiger partial charge on any atom is -0.496 e. The van der Waals surface area contributed by atoms with E-state index in [9.17, 15) is 9.90 Å². The highest BCUT2D eigenvalue weighted by molar-refractivity contribution is 9.13. The maximum atomic E-state index is 11.5. The van der Waals surface area contributed by atoms with Gasteiger partial charge in [0.25, 0.3) is 11.1 Å². The Morgan fingerprint density at radius 1 is 1.30 bits per heavy atom. The van der Waals surface area contributed by atoms with Crippen LogP contribution in [0.4, 0.5) is 0 Å². The van der Waals surface area contributed by atoms with Crippen molar-refractivity contribution in [2.24, 2.45) is 0 Å². The monoisotopic (exact) mass is 534 g/mol. The van der Waals surface area contributed by atoms with E-state index in [-0.39, 0.29) is 16.0 Å². The molecule has 0 amide bonds. The number of carbonyl (C=O) groups is 1. The highest BCUT2D eigenvalue weighted by Gasteiger charge is 2.19. The van der Waals surface area contributed by atoms with Crippen LogP contribution in [0, 0.1) is 0 Å². The van der Waals surface area contributed by atoms with Gasteiger partial charge in [-0.05, 0) is 67.9 Å². The van der Waals surface area contributed by atoms with E-state index in [1.807, 2.05) is 0 Å². The number of furan rings is 1. The molecule has 2 heterocycles. The fraction of sp³-hybridized carbons (Fsp3) is 0.0625. The van der Waals surface area contributed by atoms with Gasteiger partial charge < -0.3 is 18.7 Å². The average Bonchev–Trinajstić information content (AvgIpc) is 3.21. The van der Waals surface area contributed by atoms with Crippen molar-refractivity contribution in [3.8, 4) is 17.2 Å². The van der Waals surface area contributed by atoms with Gasteiger partial charge >= 0.3 is 5.97 Å². The SMILES string of the molecule is COc1ccc(Cl)cc1-c1nnc(S/C(=C\c2cc(Br)c(Br)o2)C(=O)O)o1. The lowest BCUT2D eigenvalue weighted by Crippen LogP contribution is -1.96. The zero-order chi connectivity index (χ0) is 19.6. The summed E-state index contributed by atoms with van der Waals surface area (Å²) >= 11 is 13.3. The molecule has 2 aromatic heterocycles. The van der Waals surface area contributed by atoms with Crippen LogP contribution < -0.4 is 4.74 Å². The first kappa shape index (κ1) is 20.0. The molecule has 0 aliphatic rings. The van der Waals surface area contributed by atoms with Gasteiger partial charge in [0, 0.05) is 11.1 Å². The van der Waals surface area contributed by atoms with E-state index in [2.05, 4.69) is 42.1 Å². The van der Waals surface area contributed by atoms with Crippen LogP contribution in [0.1, 0.15) is 5.76 Å². The van der Waals surface area contributed by atoms with Crippen molar-refractivity contribution in [2.45, 2.75) is 5.22 Å². The minimum atomic E-state index is -1.16. The summed E-state index contributed by atoms with van der Waals surface area (Å²) in [5.74, 6) is -0.164. The summed E-state index contributed by atoms with van der Waals surface area (Å²) in [6, 6.07) is 6.59. The molecule has 3 aromatic rings. The molecule has 0 aliphatic heterocycles. The summed E-state index contributed by atoms with van der Waals surface area (Å²) in [5.41, 5.74) is 0.504. The van der Waals surface area contributed by atoms with E-state index < -0.39 is 5.97 Å². The Labute approximate surface area is 179 Å². The van der Waals surface area contributed by atoms with Crippen LogP contribution in [0.25, 0.3) is 17.5 Å². The lowest BCUT2D eigenvalue weighted by molar-refractivity contribution is -0.131. The fourth-order valence-corrected chi connectivity index (χ4v) is 3.43. The minimum absolute atomic E-state index is 0.0466. The maximum Gasteiger partial charge on any atom is 0.342 e. The Bertz CT molecular complexity index is 1010. The van der Waals surface area contributed by atoms with Crippen molar-refractivity contribution < 1.29 is 23.5 Å². The lowest BCUT2D eigenvalue weighted by Gasteiger charge is -2.04. The largest absolute Gasteiger partial charge is 0.496 e. The average molecular weight is 537 g/mol. The first-order valence-corrected chi connectivity index (χ1v) is 9.90. The summed E-state index contributed by atoms with van der Waals surface area (Å²) in [6.07, 6.45) is 1.35. The number of nitrogens with zero attached hydrogens (tertiary/aromatic N) is 2. The standard InChI is InChI=1S/C16H9Br2ClN2O5S/c1-24-11-3-2-7(19)4-9(11)14-20-21-16(26-14)27-12(15(22)23)6-8-5-10(17)13(18)25-8/h2-6H,1H3,(H,22,23)/b12-6-. The summed E-state index contributed by atoms with van der Waals surface area (Å²) in [7, 11) is 1.50. The molecule has 0 bridgehead atoms.